The molecule has 7 heteroatoms. The molecular weight excluding hydrogens is 318 g/mol. The van der Waals surface area contributed by atoms with Gasteiger partial charge in [0.2, 0.25) is 5.91 Å². The first-order valence-corrected chi connectivity index (χ1v) is 7.48. The van der Waals surface area contributed by atoms with Crippen LogP contribution in [0.15, 0.2) is 30.3 Å². The molecule has 1 N–H and O–H groups in total. The van der Waals surface area contributed by atoms with Gasteiger partial charge in [-0.2, -0.15) is 5.10 Å². The van der Waals surface area contributed by atoms with Crippen molar-refractivity contribution in [2.45, 2.75) is 26.9 Å². The van der Waals surface area contributed by atoms with Crippen LogP contribution in [0.2, 0.25) is 5.02 Å². The van der Waals surface area contributed by atoms with Gasteiger partial charge in [0.15, 0.2) is 0 Å². The van der Waals surface area contributed by atoms with Crippen molar-refractivity contribution in [2.75, 3.05) is 6.54 Å². The van der Waals surface area contributed by atoms with Gasteiger partial charge in [-0.15, -0.1) is 0 Å². The van der Waals surface area contributed by atoms with Crippen molar-refractivity contribution in [1.82, 2.24) is 14.7 Å². The molecule has 122 valence electrons. The third-order valence-electron chi connectivity index (χ3n) is 3.35. The molecule has 1 aromatic carbocycles. The Morgan fingerprint density at radius 1 is 1.26 bits per heavy atom. The number of aromatic nitrogens is 2. The maximum absolute atomic E-state index is 12.5. The number of rotatable bonds is 6. The van der Waals surface area contributed by atoms with Gasteiger partial charge >= 0.3 is 5.97 Å². The van der Waals surface area contributed by atoms with Gasteiger partial charge in [0.25, 0.3) is 0 Å². The van der Waals surface area contributed by atoms with Gasteiger partial charge in [-0.3, -0.25) is 14.3 Å². The monoisotopic (exact) mass is 335 g/mol. The third-order valence-corrected chi connectivity index (χ3v) is 3.61. The molecule has 0 atom stereocenters. The van der Waals surface area contributed by atoms with Crippen molar-refractivity contribution < 1.29 is 14.7 Å². The van der Waals surface area contributed by atoms with Crippen LogP contribution in [0.25, 0.3) is 0 Å². The number of amides is 1. The molecule has 0 bridgehead atoms. The van der Waals surface area contributed by atoms with E-state index in [9.17, 15) is 9.59 Å². The Labute approximate surface area is 139 Å². The molecule has 2 aromatic rings. The number of hydrogen-bond acceptors (Lipinski definition) is 3. The fourth-order valence-corrected chi connectivity index (χ4v) is 2.39. The number of carbonyl (C=O) groups excluding carboxylic acids is 1. The van der Waals surface area contributed by atoms with E-state index in [-0.39, 0.29) is 25.5 Å². The van der Waals surface area contributed by atoms with E-state index in [4.69, 9.17) is 16.7 Å². The highest BCUT2D eigenvalue weighted by molar-refractivity contribution is 6.30. The van der Waals surface area contributed by atoms with Gasteiger partial charge in [0, 0.05) is 17.3 Å². The number of carbonyl (C=O) groups is 2. The number of carboxylic acids is 1. The van der Waals surface area contributed by atoms with Crippen LogP contribution in [0.4, 0.5) is 0 Å². The zero-order valence-electron chi connectivity index (χ0n) is 13.0. The number of nitrogens with zero attached hydrogens (tertiary/aromatic N) is 3. The minimum absolute atomic E-state index is 0.0144. The van der Waals surface area contributed by atoms with E-state index in [0.29, 0.717) is 5.02 Å². The highest BCUT2D eigenvalue weighted by Crippen LogP contribution is 2.12. The lowest BCUT2D eigenvalue weighted by Gasteiger charge is -2.21. The summed E-state index contributed by atoms with van der Waals surface area (Å²) in [5, 5.41) is 13.9. The predicted molar refractivity (Wildman–Crippen MR) is 86.2 cm³/mol. The molecule has 1 aromatic heterocycles. The SMILES string of the molecule is Cc1cc(C)n(CC(=O)N(CC(=O)O)Cc2ccc(Cl)cc2)n1. The second-order valence-electron chi connectivity index (χ2n) is 5.35. The molecule has 0 radical (unpaired) electrons. The maximum atomic E-state index is 12.5. The Bertz CT molecular complexity index is 710. The normalized spacial score (nSPS) is 10.6. The van der Waals surface area contributed by atoms with Gasteiger partial charge in [-0.05, 0) is 37.6 Å². The smallest absolute Gasteiger partial charge is 0.323 e. The van der Waals surface area contributed by atoms with Crippen LogP contribution >= 0.6 is 11.6 Å². The topological polar surface area (TPSA) is 75.4 Å². The lowest BCUT2D eigenvalue weighted by atomic mass is 10.2. The Kier molecular flexibility index (Phi) is 5.39. The van der Waals surface area contributed by atoms with Gasteiger partial charge in [-0.25, -0.2) is 0 Å². The van der Waals surface area contributed by atoms with E-state index < -0.39 is 5.97 Å². The molecule has 1 heterocycles. The Balaban J connectivity index is 2.13. The Morgan fingerprint density at radius 2 is 1.91 bits per heavy atom. The summed E-state index contributed by atoms with van der Waals surface area (Å²) in [6.45, 7) is 3.56. The lowest BCUT2D eigenvalue weighted by molar-refractivity contribution is -0.145. The molecule has 0 aliphatic carbocycles. The summed E-state index contributed by atoms with van der Waals surface area (Å²) in [6, 6.07) is 8.83. The Morgan fingerprint density at radius 3 is 2.43 bits per heavy atom. The first-order valence-electron chi connectivity index (χ1n) is 7.10. The van der Waals surface area contributed by atoms with E-state index in [0.717, 1.165) is 17.0 Å². The van der Waals surface area contributed by atoms with E-state index in [2.05, 4.69) is 5.10 Å². The van der Waals surface area contributed by atoms with Gasteiger partial charge in [-0.1, -0.05) is 23.7 Å². The molecule has 0 aliphatic rings. The molecule has 0 spiro atoms. The second kappa shape index (κ2) is 7.28. The van der Waals surface area contributed by atoms with Crippen LogP contribution in [0.1, 0.15) is 17.0 Å². The van der Waals surface area contributed by atoms with Gasteiger partial charge in [0.05, 0.1) is 5.69 Å². The Hall–Kier alpha value is -2.34. The summed E-state index contributed by atoms with van der Waals surface area (Å²) in [5.41, 5.74) is 2.49. The second-order valence-corrected chi connectivity index (χ2v) is 5.79. The first-order chi connectivity index (χ1) is 10.8. The highest BCUT2D eigenvalue weighted by Gasteiger charge is 2.18. The summed E-state index contributed by atoms with van der Waals surface area (Å²) in [5.74, 6) is -1.35. The minimum atomic E-state index is -1.05. The maximum Gasteiger partial charge on any atom is 0.323 e. The number of benzene rings is 1. The summed E-state index contributed by atoms with van der Waals surface area (Å²) in [4.78, 5) is 24.8. The first kappa shape index (κ1) is 17.0. The largest absolute Gasteiger partial charge is 0.480 e. The van der Waals surface area contributed by atoms with Crippen LogP contribution in [-0.2, 0) is 22.7 Å². The fourth-order valence-electron chi connectivity index (χ4n) is 2.27. The van der Waals surface area contributed by atoms with E-state index >= 15 is 0 Å². The predicted octanol–water partition coefficient (Wildman–Crippen LogP) is 2.27. The fraction of sp³-hybridized carbons (Fsp3) is 0.312. The summed E-state index contributed by atoms with van der Waals surface area (Å²) in [6.07, 6.45) is 0. The van der Waals surface area contributed by atoms with Crippen molar-refractivity contribution in [2.24, 2.45) is 0 Å². The van der Waals surface area contributed by atoms with Crippen molar-refractivity contribution in [1.29, 1.82) is 0 Å². The summed E-state index contributed by atoms with van der Waals surface area (Å²) >= 11 is 5.84. The molecule has 23 heavy (non-hydrogen) atoms. The van der Waals surface area contributed by atoms with Crippen LogP contribution < -0.4 is 0 Å². The van der Waals surface area contributed by atoms with Crippen LogP contribution in [0.3, 0.4) is 0 Å². The number of carboxylic acid groups (broad SMARTS) is 1. The van der Waals surface area contributed by atoms with Crippen molar-refractivity contribution in [3.63, 3.8) is 0 Å². The van der Waals surface area contributed by atoms with Crippen LogP contribution in [0, 0.1) is 13.8 Å². The molecular formula is C16H18ClN3O3. The molecule has 0 fully saturated rings. The number of hydrogen-bond donors (Lipinski definition) is 1. The molecule has 0 saturated carbocycles. The zero-order valence-corrected chi connectivity index (χ0v) is 13.7. The third kappa shape index (κ3) is 4.82. The standard InChI is InChI=1S/C16H18ClN3O3/c1-11-7-12(2)20(18-11)9-15(21)19(10-16(22)23)8-13-3-5-14(17)6-4-13/h3-7H,8-10H2,1-2H3,(H,22,23). The molecule has 0 saturated heterocycles. The van der Waals surface area contributed by atoms with Gasteiger partial charge < -0.3 is 10.0 Å². The number of aryl methyl sites for hydroxylation is 2. The molecule has 2 rings (SSSR count). The van der Waals surface area contributed by atoms with Crippen LogP contribution in [-0.4, -0.2) is 38.2 Å². The molecule has 0 aliphatic heterocycles. The average Bonchev–Trinajstić information content (AvgIpc) is 2.78. The minimum Gasteiger partial charge on any atom is -0.480 e. The molecule has 6 nitrogen and oxygen atoms in total. The van der Waals surface area contributed by atoms with Crippen molar-refractivity contribution >= 4 is 23.5 Å². The molecule has 1 amide bonds. The summed E-state index contributed by atoms with van der Waals surface area (Å²) in [7, 11) is 0. The van der Waals surface area contributed by atoms with Crippen molar-refractivity contribution in [3.05, 3.63) is 52.3 Å². The number of halogens is 1. The van der Waals surface area contributed by atoms with E-state index in [1.807, 2.05) is 19.9 Å². The van der Waals surface area contributed by atoms with E-state index in [1.54, 1.807) is 28.9 Å². The number of aliphatic carboxylic acids is 1. The highest BCUT2D eigenvalue weighted by atomic mass is 35.5. The molecule has 0 unspecified atom stereocenters. The van der Waals surface area contributed by atoms with Crippen molar-refractivity contribution in [3.8, 4) is 0 Å². The van der Waals surface area contributed by atoms with E-state index in [1.165, 1.54) is 4.90 Å². The zero-order chi connectivity index (χ0) is 17.0. The van der Waals surface area contributed by atoms with Crippen LogP contribution in [0.5, 0.6) is 0 Å². The van der Waals surface area contributed by atoms with Gasteiger partial charge in [0.1, 0.15) is 13.1 Å². The lowest BCUT2D eigenvalue weighted by Crippen LogP contribution is -2.37. The average molecular weight is 336 g/mol. The summed E-state index contributed by atoms with van der Waals surface area (Å²) < 4.78 is 1.58. The quantitative estimate of drug-likeness (QED) is 0.878.